The van der Waals surface area contributed by atoms with Gasteiger partial charge in [0.1, 0.15) is 12.6 Å². The fraction of sp³-hybridized carbons (Fsp3) is 0.692. The summed E-state index contributed by atoms with van der Waals surface area (Å²) in [7, 11) is 1.12. The van der Waals surface area contributed by atoms with Gasteiger partial charge < -0.3 is 18.8 Å². The molecule has 1 saturated carbocycles. The predicted molar refractivity (Wildman–Crippen MR) is 129 cm³/mol. The smallest absolute Gasteiger partial charge is 0.457 e. The van der Waals surface area contributed by atoms with Crippen molar-refractivity contribution in [1.29, 1.82) is 0 Å². The predicted octanol–water partition coefficient (Wildman–Crippen LogP) is 4.84. The van der Waals surface area contributed by atoms with E-state index in [-0.39, 0.29) is 48.3 Å². The monoisotopic (exact) mass is 471 g/mol. The number of likely N-dealkylation sites (tertiary alicyclic amines) is 1. The van der Waals surface area contributed by atoms with Gasteiger partial charge in [-0.2, -0.15) is 0 Å². The minimum Gasteiger partial charge on any atom is -0.467 e. The minimum atomic E-state index is -0.656. The molecule has 1 aromatic rings. The number of methoxy groups -OCH3 is 1. The molecule has 4 rings (SSSR count). The van der Waals surface area contributed by atoms with Crippen molar-refractivity contribution in [2.75, 3.05) is 7.11 Å². The van der Waals surface area contributed by atoms with Gasteiger partial charge in [-0.15, -0.1) is 0 Å². The lowest BCUT2D eigenvalue weighted by atomic mass is 9.62. The Labute approximate surface area is 203 Å². The molecule has 3 aliphatic rings. The van der Waals surface area contributed by atoms with Crippen molar-refractivity contribution in [2.24, 2.45) is 11.3 Å². The standard InChI is InChI=1S/C26H38BNO6/c1-24(2)25(3,4)34-27(33-24)16-10-15-26(5)19-13-14-20(19)28(21(26)22(29)31-6)23(30)32-17-18-11-8-7-9-12-18/h7-9,11-12,19-21H,10,13-17H2,1-6H3. The van der Waals surface area contributed by atoms with Crippen LogP contribution in [0.2, 0.25) is 6.32 Å². The zero-order valence-electron chi connectivity index (χ0n) is 21.3. The van der Waals surface area contributed by atoms with Gasteiger partial charge in [-0.3, -0.25) is 4.90 Å². The number of hydrogen-bond acceptors (Lipinski definition) is 6. The Kier molecular flexibility index (Phi) is 6.77. The maximum absolute atomic E-state index is 13.2. The molecule has 2 heterocycles. The molecular weight excluding hydrogens is 433 g/mol. The quantitative estimate of drug-likeness (QED) is 0.419. The van der Waals surface area contributed by atoms with E-state index in [1.54, 1.807) is 4.90 Å². The van der Waals surface area contributed by atoms with Crippen LogP contribution in [0.5, 0.6) is 0 Å². The molecule has 1 amide bonds. The first-order chi connectivity index (χ1) is 16.0. The molecule has 0 aromatic heterocycles. The minimum absolute atomic E-state index is 0.00854. The zero-order valence-corrected chi connectivity index (χ0v) is 21.3. The van der Waals surface area contributed by atoms with E-state index in [1.165, 1.54) is 7.11 Å². The Balaban J connectivity index is 1.45. The van der Waals surface area contributed by atoms with Crippen LogP contribution in [-0.4, -0.2) is 54.5 Å². The number of fused-ring (bicyclic) bond motifs is 1. The Bertz CT molecular complexity index is 890. The second-order valence-electron chi connectivity index (χ2n) is 11.2. The number of amides is 1. The highest BCUT2D eigenvalue weighted by atomic mass is 16.7. The van der Waals surface area contributed by atoms with Gasteiger partial charge in [0.25, 0.3) is 0 Å². The number of carbonyl (C=O) groups is 2. The van der Waals surface area contributed by atoms with E-state index in [0.717, 1.165) is 37.6 Å². The van der Waals surface area contributed by atoms with Gasteiger partial charge in [0.2, 0.25) is 0 Å². The van der Waals surface area contributed by atoms with Crippen LogP contribution in [0, 0.1) is 11.3 Å². The average molecular weight is 471 g/mol. The molecule has 1 aliphatic carbocycles. The van der Waals surface area contributed by atoms with E-state index < -0.39 is 12.1 Å². The summed E-state index contributed by atoms with van der Waals surface area (Å²) in [5.74, 6) is -0.122. The number of carbonyl (C=O) groups excluding carboxylic acids is 2. The average Bonchev–Trinajstić information content (AvgIpc) is 3.07. The van der Waals surface area contributed by atoms with Gasteiger partial charge in [0.15, 0.2) is 0 Å². The lowest BCUT2D eigenvalue weighted by molar-refractivity contribution is -0.149. The first-order valence-electron chi connectivity index (χ1n) is 12.4. The maximum atomic E-state index is 13.2. The number of ether oxygens (including phenoxy) is 2. The van der Waals surface area contributed by atoms with E-state index in [4.69, 9.17) is 18.8 Å². The van der Waals surface area contributed by atoms with Crippen molar-refractivity contribution >= 4 is 19.2 Å². The summed E-state index contributed by atoms with van der Waals surface area (Å²) in [6.07, 6.45) is 3.78. The van der Waals surface area contributed by atoms with Gasteiger partial charge >= 0.3 is 19.2 Å². The molecule has 7 nitrogen and oxygen atoms in total. The highest BCUT2D eigenvalue weighted by molar-refractivity contribution is 6.45. The van der Waals surface area contributed by atoms with Gasteiger partial charge in [0.05, 0.1) is 18.3 Å². The molecule has 0 spiro atoms. The van der Waals surface area contributed by atoms with Crippen LogP contribution in [0.4, 0.5) is 4.79 Å². The molecule has 4 atom stereocenters. The molecule has 2 saturated heterocycles. The van der Waals surface area contributed by atoms with Crippen molar-refractivity contribution in [3.63, 3.8) is 0 Å². The summed E-state index contributed by atoms with van der Waals surface area (Å²) in [4.78, 5) is 27.9. The van der Waals surface area contributed by atoms with Crippen LogP contribution in [0.25, 0.3) is 0 Å². The second-order valence-corrected chi connectivity index (χ2v) is 11.2. The fourth-order valence-corrected chi connectivity index (χ4v) is 5.88. The Hall–Kier alpha value is -2.06. The SMILES string of the molecule is COC(=O)C1N(C(=O)OCc2ccccc2)C2CCC2C1(C)CCCB1OC(C)(C)C(C)(C)O1. The van der Waals surface area contributed by atoms with Crippen molar-refractivity contribution in [3.8, 4) is 0 Å². The Morgan fingerprint density at radius 2 is 1.71 bits per heavy atom. The summed E-state index contributed by atoms with van der Waals surface area (Å²) >= 11 is 0. The number of benzene rings is 1. The fourth-order valence-electron chi connectivity index (χ4n) is 5.88. The highest BCUT2D eigenvalue weighted by Crippen LogP contribution is 2.57. The van der Waals surface area contributed by atoms with Crippen LogP contribution >= 0.6 is 0 Å². The van der Waals surface area contributed by atoms with Crippen LogP contribution < -0.4 is 0 Å². The number of hydrogen-bond donors (Lipinski definition) is 0. The second kappa shape index (κ2) is 9.19. The maximum Gasteiger partial charge on any atom is 0.457 e. The number of esters is 1. The molecule has 34 heavy (non-hydrogen) atoms. The molecule has 186 valence electrons. The third-order valence-corrected chi connectivity index (χ3v) is 8.64. The number of nitrogens with zero attached hydrogens (tertiary/aromatic N) is 1. The summed E-state index contributed by atoms with van der Waals surface area (Å²) in [6, 6.07) is 8.94. The van der Waals surface area contributed by atoms with Gasteiger partial charge in [-0.25, -0.2) is 9.59 Å². The number of rotatable bonds is 7. The summed E-state index contributed by atoms with van der Waals surface area (Å²) < 4.78 is 23.2. The van der Waals surface area contributed by atoms with E-state index in [0.29, 0.717) is 0 Å². The summed E-state index contributed by atoms with van der Waals surface area (Å²) in [5, 5.41) is 0. The van der Waals surface area contributed by atoms with Crippen molar-refractivity contribution in [3.05, 3.63) is 35.9 Å². The normalized spacial score (nSPS) is 31.1. The molecule has 3 fully saturated rings. The summed E-state index contributed by atoms with van der Waals surface area (Å²) in [6.45, 7) is 10.5. The molecular formula is C26H38BNO6. The highest BCUT2D eigenvalue weighted by Gasteiger charge is 2.64. The van der Waals surface area contributed by atoms with Crippen LogP contribution in [0.3, 0.4) is 0 Å². The molecule has 0 radical (unpaired) electrons. The van der Waals surface area contributed by atoms with Crippen LogP contribution in [-0.2, 0) is 30.2 Å². The lowest BCUT2D eigenvalue weighted by Gasteiger charge is -2.40. The van der Waals surface area contributed by atoms with Crippen molar-refractivity contribution < 1.29 is 28.4 Å². The molecule has 2 aliphatic heterocycles. The molecule has 0 bridgehead atoms. The lowest BCUT2D eigenvalue weighted by Crippen LogP contribution is -2.50. The van der Waals surface area contributed by atoms with E-state index in [1.807, 2.05) is 30.3 Å². The van der Waals surface area contributed by atoms with Crippen molar-refractivity contribution in [1.82, 2.24) is 4.90 Å². The van der Waals surface area contributed by atoms with Crippen molar-refractivity contribution in [2.45, 2.75) is 96.5 Å². The molecule has 4 unspecified atom stereocenters. The van der Waals surface area contributed by atoms with Crippen LogP contribution in [0.15, 0.2) is 30.3 Å². The zero-order chi connectivity index (χ0) is 24.7. The molecule has 1 aromatic carbocycles. The largest absolute Gasteiger partial charge is 0.467 e. The van der Waals surface area contributed by atoms with Gasteiger partial charge in [0, 0.05) is 11.5 Å². The van der Waals surface area contributed by atoms with E-state index >= 15 is 0 Å². The van der Waals surface area contributed by atoms with Crippen LogP contribution in [0.1, 0.15) is 65.9 Å². The van der Waals surface area contributed by atoms with E-state index in [2.05, 4.69) is 34.6 Å². The first-order valence-corrected chi connectivity index (χ1v) is 12.4. The molecule has 0 N–H and O–H groups in total. The molecule has 8 heteroatoms. The third-order valence-electron chi connectivity index (χ3n) is 8.64. The van der Waals surface area contributed by atoms with Gasteiger partial charge in [-0.05, 0) is 64.8 Å². The van der Waals surface area contributed by atoms with Gasteiger partial charge in [-0.1, -0.05) is 43.7 Å². The van der Waals surface area contributed by atoms with E-state index in [9.17, 15) is 9.59 Å². The Morgan fingerprint density at radius 3 is 2.26 bits per heavy atom. The Morgan fingerprint density at radius 1 is 1.06 bits per heavy atom. The topological polar surface area (TPSA) is 74.3 Å². The first kappa shape index (κ1) is 25.1. The third kappa shape index (κ3) is 4.35. The summed E-state index contributed by atoms with van der Waals surface area (Å²) in [5.41, 5.74) is -0.185.